The van der Waals surface area contributed by atoms with E-state index in [1.165, 1.54) is 0 Å². The normalized spacial score (nSPS) is 16.6. The molecule has 29 heavy (non-hydrogen) atoms. The summed E-state index contributed by atoms with van der Waals surface area (Å²) in [6.07, 6.45) is 5.71. The van der Waals surface area contributed by atoms with Gasteiger partial charge in [-0.1, -0.05) is 18.2 Å². The Morgan fingerprint density at radius 2 is 1.97 bits per heavy atom. The number of fused-ring (bicyclic) bond motifs is 1. The third-order valence-electron chi connectivity index (χ3n) is 5.55. The molecule has 148 valence electrons. The van der Waals surface area contributed by atoms with Crippen molar-refractivity contribution in [2.45, 2.75) is 32.4 Å². The van der Waals surface area contributed by atoms with Crippen LogP contribution >= 0.6 is 0 Å². The van der Waals surface area contributed by atoms with Crippen molar-refractivity contribution >= 4 is 11.7 Å². The average molecular weight is 389 g/mol. The van der Waals surface area contributed by atoms with Gasteiger partial charge in [-0.3, -0.25) is 4.79 Å². The smallest absolute Gasteiger partial charge is 0.253 e. The zero-order valence-electron chi connectivity index (χ0n) is 16.3. The Morgan fingerprint density at radius 3 is 2.76 bits per heavy atom. The molecule has 7 heteroatoms. The molecule has 1 saturated heterocycles. The number of aryl methyl sites for hydroxylation is 1. The van der Waals surface area contributed by atoms with Gasteiger partial charge in [-0.2, -0.15) is 5.10 Å². The van der Waals surface area contributed by atoms with Crippen molar-refractivity contribution in [1.82, 2.24) is 20.1 Å². The SMILES string of the molecule is Cc1cc2c(nc1N1CCC(Oc3cnn(-c4ccccc4)c3)CC1)CNC2=O. The summed E-state index contributed by atoms with van der Waals surface area (Å²) < 4.78 is 8.01. The summed E-state index contributed by atoms with van der Waals surface area (Å²) in [5.74, 6) is 1.75. The van der Waals surface area contributed by atoms with E-state index in [-0.39, 0.29) is 12.0 Å². The molecule has 0 unspecified atom stereocenters. The lowest BCUT2D eigenvalue weighted by Crippen LogP contribution is -2.39. The number of hydrogen-bond acceptors (Lipinski definition) is 5. The van der Waals surface area contributed by atoms with E-state index in [9.17, 15) is 4.79 Å². The summed E-state index contributed by atoms with van der Waals surface area (Å²) in [7, 11) is 0. The van der Waals surface area contributed by atoms with Gasteiger partial charge in [-0.05, 0) is 30.7 Å². The Morgan fingerprint density at radius 1 is 1.17 bits per heavy atom. The standard InChI is InChI=1S/C22H23N5O2/c1-15-11-19-20(13-23-22(19)28)25-21(15)26-9-7-17(8-10-26)29-18-12-24-27(14-18)16-5-3-2-4-6-16/h2-6,11-12,14,17H,7-10,13H2,1H3,(H,23,28). The lowest BCUT2D eigenvalue weighted by molar-refractivity contribution is 0.0965. The van der Waals surface area contributed by atoms with Crippen LogP contribution in [0.4, 0.5) is 5.82 Å². The van der Waals surface area contributed by atoms with E-state index < -0.39 is 0 Å². The number of benzene rings is 1. The number of nitrogens with one attached hydrogen (secondary N) is 1. The summed E-state index contributed by atoms with van der Waals surface area (Å²) in [6.45, 7) is 4.30. The summed E-state index contributed by atoms with van der Waals surface area (Å²) in [5.41, 5.74) is 3.62. The van der Waals surface area contributed by atoms with Gasteiger partial charge >= 0.3 is 0 Å². The molecule has 2 aliphatic rings. The molecule has 5 rings (SSSR count). The van der Waals surface area contributed by atoms with Crippen LogP contribution in [0, 0.1) is 6.92 Å². The van der Waals surface area contributed by atoms with Gasteiger partial charge in [-0.25, -0.2) is 9.67 Å². The van der Waals surface area contributed by atoms with Crippen LogP contribution in [0.2, 0.25) is 0 Å². The van der Waals surface area contributed by atoms with E-state index in [0.29, 0.717) is 12.1 Å². The summed E-state index contributed by atoms with van der Waals surface area (Å²) in [5, 5.41) is 7.25. The molecule has 1 fully saturated rings. The van der Waals surface area contributed by atoms with E-state index in [4.69, 9.17) is 9.72 Å². The van der Waals surface area contributed by atoms with Gasteiger partial charge < -0.3 is 15.0 Å². The van der Waals surface area contributed by atoms with E-state index in [1.54, 1.807) is 6.20 Å². The van der Waals surface area contributed by atoms with E-state index in [2.05, 4.69) is 15.3 Å². The Kier molecular flexibility index (Phi) is 4.42. The van der Waals surface area contributed by atoms with E-state index >= 15 is 0 Å². The average Bonchev–Trinajstić information content (AvgIpc) is 3.36. The topological polar surface area (TPSA) is 72.3 Å². The first-order chi connectivity index (χ1) is 14.2. The monoisotopic (exact) mass is 389 g/mol. The molecule has 0 bridgehead atoms. The quantitative estimate of drug-likeness (QED) is 0.743. The molecule has 7 nitrogen and oxygen atoms in total. The van der Waals surface area contributed by atoms with Crippen LogP contribution in [0.3, 0.4) is 0 Å². The Hall–Kier alpha value is -3.35. The van der Waals surface area contributed by atoms with Crippen LogP contribution in [0.1, 0.15) is 34.5 Å². The molecule has 0 atom stereocenters. The summed E-state index contributed by atoms with van der Waals surface area (Å²) in [6, 6.07) is 12.0. The van der Waals surface area contributed by atoms with Gasteiger partial charge in [0.2, 0.25) is 0 Å². The highest BCUT2D eigenvalue weighted by atomic mass is 16.5. The first kappa shape index (κ1) is 17.7. The fourth-order valence-corrected chi connectivity index (χ4v) is 4.02. The minimum atomic E-state index is -0.0229. The minimum Gasteiger partial charge on any atom is -0.487 e. The molecule has 1 aromatic carbocycles. The molecule has 0 radical (unpaired) electrons. The number of anilines is 1. The van der Waals surface area contributed by atoms with Gasteiger partial charge in [0.25, 0.3) is 5.91 Å². The molecular formula is C22H23N5O2. The van der Waals surface area contributed by atoms with Gasteiger partial charge in [-0.15, -0.1) is 0 Å². The van der Waals surface area contributed by atoms with Gasteiger partial charge in [0.15, 0.2) is 5.75 Å². The second-order valence-electron chi connectivity index (χ2n) is 7.57. The third kappa shape index (κ3) is 3.44. The number of piperidine rings is 1. The van der Waals surface area contributed by atoms with E-state index in [0.717, 1.165) is 54.4 Å². The number of rotatable bonds is 4. The minimum absolute atomic E-state index is 0.0229. The zero-order chi connectivity index (χ0) is 19.8. The van der Waals surface area contributed by atoms with Crippen molar-refractivity contribution in [3.8, 4) is 11.4 Å². The van der Waals surface area contributed by atoms with E-state index in [1.807, 2.05) is 54.2 Å². The maximum atomic E-state index is 11.8. The number of aromatic nitrogens is 3. The largest absolute Gasteiger partial charge is 0.487 e. The maximum Gasteiger partial charge on any atom is 0.253 e. The summed E-state index contributed by atoms with van der Waals surface area (Å²) in [4.78, 5) is 18.9. The van der Waals surface area contributed by atoms with Crippen molar-refractivity contribution in [3.05, 3.63) is 65.6 Å². The second-order valence-corrected chi connectivity index (χ2v) is 7.57. The molecule has 2 aromatic heterocycles. The fourth-order valence-electron chi connectivity index (χ4n) is 4.02. The second kappa shape index (κ2) is 7.24. The van der Waals surface area contributed by atoms with Gasteiger partial charge in [0.1, 0.15) is 11.9 Å². The molecule has 2 aliphatic heterocycles. The maximum absolute atomic E-state index is 11.8. The number of pyridine rings is 1. The first-order valence-corrected chi connectivity index (χ1v) is 9.98. The lowest BCUT2D eigenvalue weighted by atomic mass is 10.1. The molecule has 0 spiro atoms. The number of para-hydroxylation sites is 1. The fraction of sp³-hybridized carbons (Fsp3) is 0.318. The Bertz CT molecular complexity index is 1040. The van der Waals surface area contributed by atoms with Gasteiger partial charge in [0, 0.05) is 25.9 Å². The molecule has 0 saturated carbocycles. The highest BCUT2D eigenvalue weighted by Gasteiger charge is 2.26. The molecule has 1 amide bonds. The predicted octanol–water partition coefficient (Wildman–Crippen LogP) is 2.87. The molecule has 0 aliphatic carbocycles. The number of carbonyl (C=O) groups excluding carboxylic acids is 1. The highest BCUT2D eigenvalue weighted by molar-refractivity contribution is 5.98. The molecule has 4 heterocycles. The number of ether oxygens (including phenoxy) is 1. The summed E-state index contributed by atoms with van der Waals surface area (Å²) >= 11 is 0. The molecule has 3 aromatic rings. The van der Waals surface area contributed by atoms with Crippen LogP contribution < -0.4 is 15.0 Å². The van der Waals surface area contributed by atoms with Gasteiger partial charge in [0.05, 0.1) is 35.9 Å². The van der Waals surface area contributed by atoms with Crippen LogP contribution in [-0.4, -0.2) is 39.9 Å². The van der Waals surface area contributed by atoms with Crippen molar-refractivity contribution in [1.29, 1.82) is 0 Å². The van der Waals surface area contributed by atoms with Crippen LogP contribution in [0.15, 0.2) is 48.8 Å². The Labute approximate surface area is 169 Å². The predicted molar refractivity (Wildman–Crippen MR) is 110 cm³/mol. The van der Waals surface area contributed by atoms with Crippen molar-refractivity contribution in [2.75, 3.05) is 18.0 Å². The van der Waals surface area contributed by atoms with Crippen LogP contribution in [0.25, 0.3) is 5.69 Å². The van der Waals surface area contributed by atoms with Crippen LogP contribution in [-0.2, 0) is 6.54 Å². The number of carbonyl (C=O) groups is 1. The van der Waals surface area contributed by atoms with Crippen molar-refractivity contribution in [2.24, 2.45) is 0 Å². The highest BCUT2D eigenvalue weighted by Crippen LogP contribution is 2.27. The molecule has 1 N–H and O–H groups in total. The number of hydrogen-bond donors (Lipinski definition) is 1. The Balaban J connectivity index is 1.23. The van der Waals surface area contributed by atoms with Crippen molar-refractivity contribution in [3.63, 3.8) is 0 Å². The van der Waals surface area contributed by atoms with Crippen LogP contribution in [0.5, 0.6) is 5.75 Å². The van der Waals surface area contributed by atoms with Crippen molar-refractivity contribution < 1.29 is 9.53 Å². The molecular weight excluding hydrogens is 366 g/mol. The lowest BCUT2D eigenvalue weighted by Gasteiger charge is -2.33. The third-order valence-corrected chi connectivity index (χ3v) is 5.55. The zero-order valence-corrected chi connectivity index (χ0v) is 16.3. The number of nitrogens with zero attached hydrogens (tertiary/aromatic N) is 4. The first-order valence-electron chi connectivity index (χ1n) is 9.98. The number of amides is 1.